The molecule has 2 heterocycles. The molecule has 20 heavy (non-hydrogen) atoms. The fraction of sp³-hybridized carbons (Fsp3) is 0.214. The Kier molecular flexibility index (Phi) is 2.96. The van der Waals surface area contributed by atoms with Crippen molar-refractivity contribution < 1.29 is 0 Å². The first-order chi connectivity index (χ1) is 9.65. The zero-order valence-electron chi connectivity index (χ0n) is 11.1. The van der Waals surface area contributed by atoms with Crippen molar-refractivity contribution in [2.24, 2.45) is 7.05 Å². The summed E-state index contributed by atoms with van der Waals surface area (Å²) in [5.74, 6) is 1.08. The molecule has 0 aliphatic carbocycles. The molecule has 100 valence electrons. The maximum absolute atomic E-state index is 8.87. The Bertz CT molecular complexity index is 820. The molecular weight excluding hydrogens is 274 g/mol. The minimum Gasteiger partial charge on any atom is -0.280 e. The van der Waals surface area contributed by atoms with Crippen LogP contribution < -0.4 is 0 Å². The highest BCUT2D eigenvalue weighted by Gasteiger charge is 2.17. The summed E-state index contributed by atoms with van der Waals surface area (Å²) in [6.45, 7) is 1.93. The van der Waals surface area contributed by atoms with Crippen molar-refractivity contribution in [2.75, 3.05) is 0 Å². The number of alkyl halides is 1. The summed E-state index contributed by atoms with van der Waals surface area (Å²) in [6, 6.07) is 9.45. The highest BCUT2D eigenvalue weighted by Crippen LogP contribution is 2.24. The zero-order valence-corrected chi connectivity index (χ0v) is 11.9. The standard InChI is InChI=1S/C14H12ClN5/c1-9-13-14(19(2)18-9)20(12(7-15)17-13)11-5-3-10(8-16)4-6-11/h3-6H,7H2,1-2H3. The van der Waals surface area contributed by atoms with Crippen LogP contribution in [-0.2, 0) is 12.9 Å². The molecular formula is C14H12ClN5. The molecule has 0 aliphatic heterocycles. The van der Waals surface area contributed by atoms with E-state index < -0.39 is 0 Å². The molecule has 0 aliphatic rings. The fourth-order valence-corrected chi connectivity index (χ4v) is 2.54. The van der Waals surface area contributed by atoms with Gasteiger partial charge in [0.25, 0.3) is 0 Å². The van der Waals surface area contributed by atoms with Gasteiger partial charge in [-0.1, -0.05) is 0 Å². The van der Waals surface area contributed by atoms with E-state index in [0.29, 0.717) is 11.4 Å². The lowest BCUT2D eigenvalue weighted by Gasteiger charge is -2.08. The van der Waals surface area contributed by atoms with Gasteiger partial charge in [-0.15, -0.1) is 11.6 Å². The molecule has 6 heteroatoms. The van der Waals surface area contributed by atoms with E-state index in [4.69, 9.17) is 16.9 Å². The van der Waals surface area contributed by atoms with Gasteiger partial charge in [-0.05, 0) is 31.2 Å². The normalized spacial score (nSPS) is 10.9. The van der Waals surface area contributed by atoms with Gasteiger partial charge in [-0.3, -0.25) is 4.57 Å². The molecule has 2 aromatic heterocycles. The second-order valence-corrected chi connectivity index (χ2v) is 4.80. The van der Waals surface area contributed by atoms with Crippen molar-refractivity contribution in [3.8, 4) is 11.8 Å². The number of nitrogens with zero attached hydrogens (tertiary/aromatic N) is 5. The number of aryl methyl sites for hydroxylation is 2. The highest BCUT2D eigenvalue weighted by atomic mass is 35.5. The molecule has 0 saturated carbocycles. The number of hydrogen-bond acceptors (Lipinski definition) is 3. The quantitative estimate of drug-likeness (QED) is 0.680. The number of halogens is 1. The number of hydrogen-bond donors (Lipinski definition) is 0. The van der Waals surface area contributed by atoms with Crippen molar-refractivity contribution in [3.63, 3.8) is 0 Å². The number of fused-ring (bicyclic) bond motifs is 1. The summed E-state index contributed by atoms with van der Waals surface area (Å²) in [4.78, 5) is 4.55. The molecule has 0 unspecified atom stereocenters. The molecule has 5 nitrogen and oxygen atoms in total. The van der Waals surface area contributed by atoms with E-state index in [9.17, 15) is 0 Å². The van der Waals surface area contributed by atoms with E-state index in [1.165, 1.54) is 0 Å². The van der Waals surface area contributed by atoms with E-state index in [0.717, 1.165) is 28.4 Å². The third-order valence-corrected chi connectivity index (χ3v) is 3.48. The number of benzene rings is 1. The predicted molar refractivity (Wildman–Crippen MR) is 76.8 cm³/mol. The maximum atomic E-state index is 8.87. The molecule has 3 aromatic rings. The van der Waals surface area contributed by atoms with Gasteiger partial charge >= 0.3 is 0 Å². The molecule has 0 N–H and O–H groups in total. The van der Waals surface area contributed by atoms with Gasteiger partial charge in [-0.2, -0.15) is 10.4 Å². The van der Waals surface area contributed by atoms with Crippen LogP contribution in [0.3, 0.4) is 0 Å². The number of nitriles is 1. The van der Waals surface area contributed by atoms with Crippen molar-refractivity contribution in [2.45, 2.75) is 12.8 Å². The lowest BCUT2D eigenvalue weighted by molar-refractivity contribution is 0.755. The molecule has 0 radical (unpaired) electrons. The summed E-state index contributed by atoms with van der Waals surface area (Å²) in [5, 5.41) is 13.3. The van der Waals surface area contributed by atoms with Gasteiger partial charge in [0.1, 0.15) is 11.3 Å². The van der Waals surface area contributed by atoms with Crippen LogP contribution in [0.25, 0.3) is 16.9 Å². The van der Waals surface area contributed by atoms with Crippen LogP contribution >= 0.6 is 11.6 Å². The minimum absolute atomic E-state index is 0.314. The average Bonchev–Trinajstić information content (AvgIpc) is 2.98. The smallest absolute Gasteiger partial charge is 0.163 e. The third kappa shape index (κ3) is 1.77. The topological polar surface area (TPSA) is 59.4 Å². The minimum atomic E-state index is 0.314. The van der Waals surface area contributed by atoms with Gasteiger partial charge < -0.3 is 0 Å². The van der Waals surface area contributed by atoms with Crippen LogP contribution in [-0.4, -0.2) is 19.3 Å². The summed E-state index contributed by atoms with van der Waals surface area (Å²) >= 11 is 6.01. The maximum Gasteiger partial charge on any atom is 0.163 e. The fourth-order valence-electron chi connectivity index (χ4n) is 2.36. The predicted octanol–water partition coefficient (Wildman–Crippen LogP) is 2.68. The van der Waals surface area contributed by atoms with Crippen LogP contribution in [0.1, 0.15) is 17.1 Å². The number of imidazole rings is 1. The van der Waals surface area contributed by atoms with Crippen molar-refractivity contribution in [1.29, 1.82) is 5.26 Å². The molecule has 0 saturated heterocycles. The molecule has 0 amide bonds. The Hall–Kier alpha value is -2.32. The van der Waals surface area contributed by atoms with Crippen molar-refractivity contribution >= 4 is 22.8 Å². The monoisotopic (exact) mass is 285 g/mol. The van der Waals surface area contributed by atoms with Crippen LogP contribution in [0.5, 0.6) is 0 Å². The largest absolute Gasteiger partial charge is 0.280 e. The van der Waals surface area contributed by atoms with E-state index >= 15 is 0 Å². The summed E-state index contributed by atoms with van der Waals surface area (Å²) < 4.78 is 3.77. The van der Waals surface area contributed by atoms with Gasteiger partial charge in [-0.25, -0.2) is 9.67 Å². The Morgan fingerprint density at radius 1 is 1.30 bits per heavy atom. The highest BCUT2D eigenvalue weighted by molar-refractivity contribution is 6.17. The summed E-state index contributed by atoms with van der Waals surface area (Å²) in [6.07, 6.45) is 0. The Morgan fingerprint density at radius 3 is 2.60 bits per heavy atom. The number of rotatable bonds is 2. The summed E-state index contributed by atoms with van der Waals surface area (Å²) in [5.41, 5.74) is 4.18. The molecule has 0 bridgehead atoms. The van der Waals surface area contributed by atoms with Crippen molar-refractivity contribution in [1.82, 2.24) is 19.3 Å². The van der Waals surface area contributed by atoms with Crippen molar-refractivity contribution in [3.05, 3.63) is 41.3 Å². The van der Waals surface area contributed by atoms with E-state index in [-0.39, 0.29) is 0 Å². The lowest BCUT2D eigenvalue weighted by atomic mass is 10.2. The average molecular weight is 286 g/mol. The SMILES string of the molecule is Cc1nn(C)c2c1nc(CCl)n2-c1ccc(C#N)cc1. The van der Waals surface area contributed by atoms with Gasteiger partial charge in [0.05, 0.1) is 23.2 Å². The Labute approximate surface area is 121 Å². The van der Waals surface area contributed by atoms with Crippen LogP contribution in [0.2, 0.25) is 0 Å². The molecule has 0 atom stereocenters. The number of aromatic nitrogens is 4. The molecule has 0 fully saturated rings. The lowest BCUT2D eigenvalue weighted by Crippen LogP contribution is -2.04. The molecule has 1 aromatic carbocycles. The molecule has 3 rings (SSSR count). The van der Waals surface area contributed by atoms with Gasteiger partial charge in [0.2, 0.25) is 0 Å². The Balaban J connectivity index is 2.30. The second-order valence-electron chi connectivity index (χ2n) is 4.54. The van der Waals surface area contributed by atoms with Gasteiger partial charge in [0, 0.05) is 12.7 Å². The van der Waals surface area contributed by atoms with Crippen LogP contribution in [0.4, 0.5) is 0 Å². The van der Waals surface area contributed by atoms with Crippen LogP contribution in [0.15, 0.2) is 24.3 Å². The first kappa shape index (κ1) is 12.7. The van der Waals surface area contributed by atoms with E-state index in [2.05, 4.69) is 16.2 Å². The van der Waals surface area contributed by atoms with E-state index in [1.54, 1.807) is 16.8 Å². The zero-order chi connectivity index (χ0) is 14.3. The molecule has 0 spiro atoms. The Morgan fingerprint density at radius 2 is 2.00 bits per heavy atom. The first-order valence-corrected chi connectivity index (χ1v) is 6.66. The van der Waals surface area contributed by atoms with Gasteiger partial charge in [0.15, 0.2) is 5.65 Å². The first-order valence-electron chi connectivity index (χ1n) is 6.13. The van der Waals surface area contributed by atoms with Crippen LogP contribution in [0, 0.1) is 18.3 Å². The summed E-state index contributed by atoms with van der Waals surface area (Å²) in [7, 11) is 1.88. The second kappa shape index (κ2) is 4.66. The van der Waals surface area contributed by atoms with E-state index in [1.807, 2.05) is 30.7 Å². The third-order valence-electron chi connectivity index (χ3n) is 3.25.